The first kappa shape index (κ1) is 14.3. The van der Waals surface area contributed by atoms with Gasteiger partial charge in [0.05, 0.1) is 12.6 Å². The van der Waals surface area contributed by atoms with Gasteiger partial charge in [0.2, 0.25) is 0 Å². The highest BCUT2D eigenvalue weighted by Gasteiger charge is 2.16. The molecular weight excluding hydrogens is 254 g/mol. The molecule has 2 aromatic rings. The number of methoxy groups -OCH3 is 1. The molecule has 0 bridgehead atoms. The van der Waals surface area contributed by atoms with Gasteiger partial charge in [-0.1, -0.05) is 18.2 Å². The Bertz CT molecular complexity index is 589. The van der Waals surface area contributed by atoms with Crippen LogP contribution in [0.25, 0.3) is 0 Å². The minimum atomic E-state index is -0.174. The van der Waals surface area contributed by atoms with Gasteiger partial charge in [-0.2, -0.15) is 0 Å². The molecule has 0 saturated heterocycles. The molecule has 0 saturated carbocycles. The van der Waals surface area contributed by atoms with Crippen molar-refractivity contribution in [3.8, 4) is 0 Å². The number of furan rings is 1. The van der Waals surface area contributed by atoms with E-state index in [0.29, 0.717) is 12.2 Å². The Hall–Kier alpha value is -2.07. The minimum Gasteiger partial charge on any atom is -0.464 e. The summed E-state index contributed by atoms with van der Waals surface area (Å²) in [6, 6.07) is 11.0. The maximum absolute atomic E-state index is 12.3. The Kier molecular flexibility index (Phi) is 4.58. The molecule has 2 rings (SSSR count). The van der Waals surface area contributed by atoms with Crippen LogP contribution in [0.5, 0.6) is 0 Å². The van der Waals surface area contributed by atoms with Crippen molar-refractivity contribution in [1.82, 2.24) is 5.32 Å². The van der Waals surface area contributed by atoms with E-state index < -0.39 is 0 Å². The number of ether oxygens (including phenoxy) is 1. The fourth-order valence-corrected chi connectivity index (χ4v) is 2.05. The Morgan fingerprint density at radius 1 is 1.30 bits per heavy atom. The summed E-state index contributed by atoms with van der Waals surface area (Å²) in [6.45, 7) is 4.19. The van der Waals surface area contributed by atoms with Crippen LogP contribution in [0.15, 0.2) is 40.8 Å². The number of carbonyl (C=O) groups is 1. The zero-order chi connectivity index (χ0) is 14.5. The lowest BCUT2D eigenvalue weighted by molar-refractivity contribution is 0.0930. The fraction of sp³-hybridized carbons (Fsp3) is 0.312. The summed E-state index contributed by atoms with van der Waals surface area (Å²) in [5.74, 6) is 1.46. The lowest BCUT2D eigenvalue weighted by Crippen LogP contribution is -2.27. The topological polar surface area (TPSA) is 51.5 Å². The van der Waals surface area contributed by atoms with Crippen LogP contribution in [0.2, 0.25) is 0 Å². The summed E-state index contributed by atoms with van der Waals surface area (Å²) < 4.78 is 10.6. The van der Waals surface area contributed by atoms with Gasteiger partial charge in [0.1, 0.15) is 11.5 Å². The second-order valence-electron chi connectivity index (χ2n) is 4.73. The van der Waals surface area contributed by atoms with E-state index in [2.05, 4.69) is 5.32 Å². The van der Waals surface area contributed by atoms with Crippen molar-refractivity contribution >= 4 is 5.91 Å². The predicted octanol–water partition coefficient (Wildman–Crippen LogP) is 3.23. The second kappa shape index (κ2) is 6.39. The highest BCUT2D eigenvalue weighted by molar-refractivity contribution is 5.95. The lowest BCUT2D eigenvalue weighted by atomic mass is 10.1. The molecule has 1 aromatic carbocycles. The summed E-state index contributed by atoms with van der Waals surface area (Å²) in [5.41, 5.74) is 1.50. The molecule has 0 radical (unpaired) electrons. The number of benzene rings is 1. The zero-order valence-corrected chi connectivity index (χ0v) is 12.0. The molecule has 0 aliphatic carbocycles. The highest BCUT2D eigenvalue weighted by Crippen LogP contribution is 2.17. The minimum absolute atomic E-state index is 0.126. The van der Waals surface area contributed by atoms with Gasteiger partial charge in [0.25, 0.3) is 5.91 Å². The zero-order valence-electron chi connectivity index (χ0n) is 12.0. The number of carbonyl (C=O) groups excluding carboxylic acids is 1. The number of hydrogen-bond acceptors (Lipinski definition) is 3. The number of rotatable bonds is 5. The van der Waals surface area contributed by atoms with Gasteiger partial charge in [-0.3, -0.25) is 4.79 Å². The van der Waals surface area contributed by atoms with Crippen molar-refractivity contribution in [2.75, 3.05) is 7.11 Å². The van der Waals surface area contributed by atoms with Crippen LogP contribution in [-0.2, 0) is 11.3 Å². The number of nitrogens with one attached hydrogen (secondary N) is 1. The van der Waals surface area contributed by atoms with Crippen molar-refractivity contribution in [2.45, 2.75) is 26.5 Å². The maximum Gasteiger partial charge on any atom is 0.252 e. The second-order valence-corrected chi connectivity index (χ2v) is 4.73. The van der Waals surface area contributed by atoms with Gasteiger partial charge in [-0.25, -0.2) is 0 Å². The molecule has 1 atom stereocenters. The van der Waals surface area contributed by atoms with Crippen LogP contribution in [0.3, 0.4) is 0 Å². The van der Waals surface area contributed by atoms with E-state index in [1.807, 2.05) is 44.2 Å². The first-order valence-electron chi connectivity index (χ1n) is 6.56. The predicted molar refractivity (Wildman–Crippen MR) is 76.5 cm³/mol. The molecule has 0 unspecified atom stereocenters. The summed E-state index contributed by atoms with van der Waals surface area (Å²) in [7, 11) is 1.61. The van der Waals surface area contributed by atoms with Crippen molar-refractivity contribution in [2.24, 2.45) is 0 Å². The Labute approximate surface area is 118 Å². The van der Waals surface area contributed by atoms with Crippen LogP contribution in [-0.4, -0.2) is 13.0 Å². The SMILES string of the molecule is COCc1ccccc1C(=O)N[C@H](C)c1ccc(C)o1. The molecule has 1 N–H and O–H groups in total. The number of aryl methyl sites for hydroxylation is 1. The van der Waals surface area contributed by atoms with Gasteiger partial charge in [0, 0.05) is 12.7 Å². The van der Waals surface area contributed by atoms with Crippen molar-refractivity contribution in [3.63, 3.8) is 0 Å². The van der Waals surface area contributed by atoms with Crippen LogP contribution in [0, 0.1) is 6.92 Å². The summed E-state index contributed by atoms with van der Waals surface area (Å²) >= 11 is 0. The standard InChI is InChI=1S/C16H19NO3/c1-11-8-9-15(20-11)12(2)17-16(18)14-7-5-4-6-13(14)10-19-3/h4-9,12H,10H2,1-3H3,(H,17,18)/t12-/m1/s1. The first-order valence-corrected chi connectivity index (χ1v) is 6.56. The summed E-state index contributed by atoms with van der Waals surface area (Å²) in [6.07, 6.45) is 0. The average molecular weight is 273 g/mol. The maximum atomic E-state index is 12.3. The molecule has 0 aliphatic heterocycles. The smallest absolute Gasteiger partial charge is 0.252 e. The number of hydrogen-bond donors (Lipinski definition) is 1. The quantitative estimate of drug-likeness (QED) is 0.910. The third-order valence-corrected chi connectivity index (χ3v) is 3.10. The molecule has 1 amide bonds. The summed E-state index contributed by atoms with van der Waals surface area (Å²) in [4.78, 5) is 12.3. The third kappa shape index (κ3) is 3.27. The largest absolute Gasteiger partial charge is 0.464 e. The molecule has 4 heteroatoms. The van der Waals surface area contributed by atoms with E-state index in [1.165, 1.54) is 0 Å². The molecule has 20 heavy (non-hydrogen) atoms. The van der Waals surface area contributed by atoms with E-state index in [9.17, 15) is 4.79 Å². The van der Waals surface area contributed by atoms with Gasteiger partial charge < -0.3 is 14.5 Å². The Balaban J connectivity index is 2.12. The molecule has 106 valence electrons. The fourth-order valence-electron chi connectivity index (χ4n) is 2.05. The molecule has 0 fully saturated rings. The summed E-state index contributed by atoms with van der Waals surface area (Å²) in [5, 5.41) is 2.94. The van der Waals surface area contributed by atoms with E-state index >= 15 is 0 Å². The van der Waals surface area contributed by atoms with Gasteiger partial charge >= 0.3 is 0 Å². The van der Waals surface area contributed by atoms with Crippen LogP contribution in [0.1, 0.15) is 40.4 Å². The average Bonchev–Trinajstić information content (AvgIpc) is 2.86. The van der Waals surface area contributed by atoms with E-state index in [-0.39, 0.29) is 11.9 Å². The van der Waals surface area contributed by atoms with Crippen molar-refractivity contribution < 1.29 is 13.9 Å². The van der Waals surface area contributed by atoms with E-state index in [0.717, 1.165) is 17.1 Å². The van der Waals surface area contributed by atoms with Gasteiger partial charge in [-0.15, -0.1) is 0 Å². The monoisotopic (exact) mass is 273 g/mol. The molecule has 4 nitrogen and oxygen atoms in total. The van der Waals surface area contributed by atoms with Crippen LogP contribution < -0.4 is 5.32 Å². The normalized spacial score (nSPS) is 12.2. The first-order chi connectivity index (χ1) is 9.61. The molecular formula is C16H19NO3. The van der Waals surface area contributed by atoms with Crippen LogP contribution in [0.4, 0.5) is 0 Å². The Morgan fingerprint density at radius 2 is 2.05 bits per heavy atom. The molecule has 1 aromatic heterocycles. The van der Waals surface area contributed by atoms with E-state index in [1.54, 1.807) is 13.2 Å². The number of amides is 1. The van der Waals surface area contributed by atoms with Crippen LogP contribution >= 0.6 is 0 Å². The highest BCUT2D eigenvalue weighted by atomic mass is 16.5. The molecule has 0 aliphatic rings. The Morgan fingerprint density at radius 3 is 2.70 bits per heavy atom. The van der Waals surface area contributed by atoms with E-state index in [4.69, 9.17) is 9.15 Å². The molecule has 0 spiro atoms. The molecule has 1 heterocycles. The van der Waals surface area contributed by atoms with Crippen molar-refractivity contribution in [3.05, 3.63) is 59.0 Å². The van der Waals surface area contributed by atoms with Gasteiger partial charge in [0.15, 0.2) is 0 Å². The third-order valence-electron chi connectivity index (χ3n) is 3.10. The lowest BCUT2D eigenvalue weighted by Gasteiger charge is -2.13. The van der Waals surface area contributed by atoms with Crippen molar-refractivity contribution in [1.29, 1.82) is 0 Å². The van der Waals surface area contributed by atoms with Gasteiger partial charge in [-0.05, 0) is 37.6 Å².